The summed E-state index contributed by atoms with van der Waals surface area (Å²) in [5, 5.41) is 0. The molecule has 5 rings (SSSR count). The SMILES string of the molecule is CCCCC/C=C\C/C=C\CCCCCCCCOCC(CN1CCC(C)(C)C1)OCCOCCO[C@H]1CC[C@@]2(C)C(=CC[C@@H]3C2CC[C@]2(C)C([C@H](C)CCCC(C)C)CC[C@@H]32)C1. The summed E-state index contributed by atoms with van der Waals surface area (Å²) in [4.78, 5) is 2.58. The molecule has 5 heteroatoms. The fourth-order valence-corrected chi connectivity index (χ4v) is 13.7. The van der Waals surface area contributed by atoms with Gasteiger partial charge in [0.2, 0.25) is 0 Å². The van der Waals surface area contributed by atoms with Crippen LogP contribution < -0.4 is 0 Å². The highest BCUT2D eigenvalue weighted by Gasteiger charge is 2.59. The second kappa shape index (κ2) is 27.7. The third-order valence-corrected chi connectivity index (χ3v) is 17.4. The minimum Gasteiger partial charge on any atom is -0.379 e. The summed E-state index contributed by atoms with van der Waals surface area (Å²) in [7, 11) is 0. The summed E-state index contributed by atoms with van der Waals surface area (Å²) in [5.41, 5.74) is 3.07. The standard InChI is InChI=1S/C58H103NO4/c1-9-10-11-12-13-14-15-16-17-18-19-20-21-22-23-24-38-61-45-51(44-59-37-36-56(5,6)46-59)63-42-40-60-39-41-62-50-32-34-57(7)49(43-50)28-29-52-54-31-30-53(48(4)27-25-26-47(2)3)58(54,8)35-33-55(52)57/h13-14,16-17,28,47-48,50-55H,9-12,15,18-27,29-46H2,1-8H3/b14-13-,17-16-/t48-,50+,51?,52+,53?,54+,55?,57+,58-/m1/s1. The highest BCUT2D eigenvalue weighted by molar-refractivity contribution is 5.25. The molecule has 4 fully saturated rings. The van der Waals surface area contributed by atoms with Crippen molar-refractivity contribution < 1.29 is 18.9 Å². The van der Waals surface area contributed by atoms with E-state index in [4.69, 9.17) is 18.9 Å². The van der Waals surface area contributed by atoms with Crippen LogP contribution in [0.25, 0.3) is 0 Å². The Labute approximate surface area is 391 Å². The molecule has 0 amide bonds. The smallest absolute Gasteiger partial charge is 0.0936 e. The van der Waals surface area contributed by atoms with Crippen molar-refractivity contribution in [2.75, 3.05) is 59.3 Å². The number of unbranched alkanes of at least 4 members (excludes halogenated alkanes) is 9. The molecular weight excluding hydrogens is 775 g/mol. The van der Waals surface area contributed by atoms with Gasteiger partial charge in [-0.15, -0.1) is 0 Å². The average molecular weight is 878 g/mol. The highest BCUT2D eigenvalue weighted by Crippen LogP contribution is 2.67. The number of ether oxygens (including phenoxy) is 4. The minimum absolute atomic E-state index is 0.0967. The van der Waals surface area contributed by atoms with Crippen LogP contribution in [-0.4, -0.2) is 76.4 Å². The summed E-state index contributed by atoms with van der Waals surface area (Å²) >= 11 is 0. The van der Waals surface area contributed by atoms with Crippen molar-refractivity contribution in [2.24, 2.45) is 51.8 Å². The lowest BCUT2D eigenvalue weighted by atomic mass is 9.47. The highest BCUT2D eigenvalue weighted by atomic mass is 16.6. The first-order valence-electron chi connectivity index (χ1n) is 27.6. The van der Waals surface area contributed by atoms with E-state index in [1.807, 2.05) is 0 Å². The average Bonchev–Trinajstić information content (AvgIpc) is 3.79. The predicted molar refractivity (Wildman–Crippen MR) is 268 cm³/mol. The van der Waals surface area contributed by atoms with E-state index in [1.165, 1.54) is 135 Å². The van der Waals surface area contributed by atoms with E-state index in [0.717, 1.165) is 81.0 Å². The zero-order valence-electron chi connectivity index (χ0n) is 42.9. The Morgan fingerprint density at radius 3 is 2.21 bits per heavy atom. The molecule has 5 aliphatic rings. The molecule has 0 bridgehead atoms. The van der Waals surface area contributed by atoms with Gasteiger partial charge in [0, 0.05) is 19.7 Å². The fourth-order valence-electron chi connectivity index (χ4n) is 13.7. The van der Waals surface area contributed by atoms with E-state index in [0.29, 0.717) is 55.4 Å². The molecule has 4 aliphatic carbocycles. The zero-order valence-corrected chi connectivity index (χ0v) is 42.9. The molecule has 1 saturated heterocycles. The molecule has 9 atom stereocenters. The van der Waals surface area contributed by atoms with Gasteiger partial charge in [0.25, 0.3) is 0 Å². The molecule has 0 aromatic carbocycles. The number of hydrogen-bond donors (Lipinski definition) is 0. The molecule has 3 unspecified atom stereocenters. The van der Waals surface area contributed by atoms with Crippen molar-refractivity contribution in [3.8, 4) is 0 Å². The van der Waals surface area contributed by atoms with E-state index < -0.39 is 0 Å². The Morgan fingerprint density at radius 2 is 1.46 bits per heavy atom. The molecule has 1 aliphatic heterocycles. The molecule has 364 valence electrons. The van der Waals surface area contributed by atoms with Crippen LogP contribution in [0.15, 0.2) is 36.0 Å². The molecular formula is C58H103NO4. The molecule has 1 heterocycles. The lowest BCUT2D eigenvalue weighted by Gasteiger charge is -2.58. The topological polar surface area (TPSA) is 40.2 Å². The first-order valence-corrected chi connectivity index (χ1v) is 27.6. The van der Waals surface area contributed by atoms with Crippen LogP contribution in [0.1, 0.15) is 209 Å². The lowest BCUT2D eigenvalue weighted by molar-refractivity contribution is -0.0732. The summed E-state index contributed by atoms with van der Waals surface area (Å²) < 4.78 is 25.3. The number of hydrogen-bond acceptors (Lipinski definition) is 5. The van der Waals surface area contributed by atoms with E-state index in [1.54, 1.807) is 5.57 Å². The van der Waals surface area contributed by atoms with Gasteiger partial charge in [-0.25, -0.2) is 0 Å². The molecule has 0 radical (unpaired) electrons. The Morgan fingerprint density at radius 1 is 0.714 bits per heavy atom. The van der Waals surface area contributed by atoms with Gasteiger partial charge in [-0.3, -0.25) is 0 Å². The maximum atomic E-state index is 6.53. The van der Waals surface area contributed by atoms with Gasteiger partial charge in [0.05, 0.1) is 45.2 Å². The number of likely N-dealkylation sites (tertiary alicyclic amines) is 1. The summed E-state index contributed by atoms with van der Waals surface area (Å²) in [6, 6.07) is 0. The van der Waals surface area contributed by atoms with Crippen molar-refractivity contribution in [3.63, 3.8) is 0 Å². The quantitative estimate of drug-likeness (QED) is 0.0497. The maximum absolute atomic E-state index is 6.53. The summed E-state index contributed by atoms with van der Waals surface area (Å²) in [6.45, 7) is 27.1. The number of nitrogens with zero attached hydrogens (tertiary/aromatic N) is 1. The predicted octanol–water partition coefficient (Wildman–Crippen LogP) is 15.4. The Kier molecular flexibility index (Phi) is 23.3. The second-order valence-corrected chi connectivity index (χ2v) is 23.4. The molecule has 0 aromatic rings. The van der Waals surface area contributed by atoms with Crippen molar-refractivity contribution in [2.45, 2.75) is 222 Å². The van der Waals surface area contributed by atoms with E-state index in [2.05, 4.69) is 90.7 Å². The van der Waals surface area contributed by atoms with Gasteiger partial charge in [-0.05, 0) is 155 Å². The first kappa shape index (κ1) is 53.0. The Hall–Kier alpha value is -0.980. The van der Waals surface area contributed by atoms with Gasteiger partial charge >= 0.3 is 0 Å². The second-order valence-electron chi connectivity index (χ2n) is 23.4. The molecule has 0 aromatic heterocycles. The molecule has 5 nitrogen and oxygen atoms in total. The van der Waals surface area contributed by atoms with Crippen LogP contribution in [0.4, 0.5) is 0 Å². The normalized spacial score (nSPS) is 30.6. The van der Waals surface area contributed by atoms with Crippen LogP contribution in [0.5, 0.6) is 0 Å². The molecule has 63 heavy (non-hydrogen) atoms. The fraction of sp³-hybridized carbons (Fsp3) is 0.897. The zero-order chi connectivity index (χ0) is 45.0. The van der Waals surface area contributed by atoms with Crippen LogP contribution in [0.2, 0.25) is 0 Å². The first-order chi connectivity index (χ1) is 30.4. The molecule has 3 saturated carbocycles. The lowest BCUT2D eigenvalue weighted by Crippen LogP contribution is -2.51. The molecule has 0 N–H and O–H groups in total. The summed E-state index contributed by atoms with van der Waals surface area (Å²) in [5.74, 6) is 5.36. The van der Waals surface area contributed by atoms with E-state index in [9.17, 15) is 0 Å². The van der Waals surface area contributed by atoms with Crippen LogP contribution in [0, 0.1) is 51.8 Å². The Bertz CT molecular complexity index is 1340. The van der Waals surface area contributed by atoms with E-state index >= 15 is 0 Å². The minimum atomic E-state index is 0.0967. The van der Waals surface area contributed by atoms with Gasteiger partial charge < -0.3 is 23.8 Å². The summed E-state index contributed by atoms with van der Waals surface area (Å²) in [6.07, 6.45) is 44.1. The third kappa shape index (κ3) is 16.9. The van der Waals surface area contributed by atoms with Gasteiger partial charge in [0.1, 0.15) is 0 Å². The van der Waals surface area contributed by atoms with Gasteiger partial charge in [-0.1, -0.05) is 149 Å². The van der Waals surface area contributed by atoms with E-state index in [-0.39, 0.29) is 6.10 Å². The van der Waals surface area contributed by atoms with Crippen LogP contribution in [-0.2, 0) is 18.9 Å². The van der Waals surface area contributed by atoms with Gasteiger partial charge in [0.15, 0.2) is 0 Å². The largest absolute Gasteiger partial charge is 0.379 e. The number of fused-ring (bicyclic) bond motifs is 5. The number of allylic oxidation sites excluding steroid dienone is 5. The number of rotatable bonds is 32. The van der Waals surface area contributed by atoms with Crippen molar-refractivity contribution in [3.05, 3.63) is 36.0 Å². The monoisotopic (exact) mass is 878 g/mol. The third-order valence-electron chi connectivity index (χ3n) is 17.4. The molecule has 0 spiro atoms. The van der Waals surface area contributed by atoms with Crippen molar-refractivity contribution in [1.29, 1.82) is 0 Å². The van der Waals surface area contributed by atoms with Crippen LogP contribution in [0.3, 0.4) is 0 Å². The van der Waals surface area contributed by atoms with Crippen molar-refractivity contribution in [1.82, 2.24) is 4.90 Å². The van der Waals surface area contributed by atoms with Gasteiger partial charge in [-0.2, -0.15) is 0 Å². The maximum Gasteiger partial charge on any atom is 0.0936 e. The van der Waals surface area contributed by atoms with Crippen LogP contribution >= 0.6 is 0 Å². The Balaban J connectivity index is 0.923. The van der Waals surface area contributed by atoms with Crippen molar-refractivity contribution >= 4 is 0 Å².